The van der Waals surface area contributed by atoms with Crippen LogP contribution in [-0.2, 0) is 0 Å². The molecule has 100 valence electrons. The van der Waals surface area contributed by atoms with Crippen LogP contribution in [0.15, 0.2) is 48.5 Å². The number of rotatable bonds is 4. The van der Waals surface area contributed by atoms with E-state index in [2.05, 4.69) is 24.4 Å². The normalized spacial score (nSPS) is 14.1. The van der Waals surface area contributed by atoms with Crippen molar-refractivity contribution in [2.24, 2.45) is 0 Å². The van der Waals surface area contributed by atoms with Crippen molar-refractivity contribution in [3.63, 3.8) is 0 Å². The lowest BCUT2D eigenvalue weighted by Gasteiger charge is -2.25. The summed E-state index contributed by atoms with van der Waals surface area (Å²) in [5.41, 5.74) is 1.99. The van der Waals surface area contributed by atoms with Gasteiger partial charge in [-0.25, -0.2) is 4.39 Å². The first-order chi connectivity index (χ1) is 9.13. The Balaban J connectivity index is 2.37. The molecule has 0 spiro atoms. The van der Waals surface area contributed by atoms with E-state index in [-0.39, 0.29) is 17.8 Å². The van der Waals surface area contributed by atoms with Crippen LogP contribution in [0.5, 0.6) is 0 Å². The number of benzene rings is 2. The SMILES string of the molecule is CNC(c1cc(F)ccc1Cl)C(C)c1ccccc1. The van der Waals surface area contributed by atoms with Crippen molar-refractivity contribution in [2.45, 2.75) is 18.9 Å². The molecule has 19 heavy (non-hydrogen) atoms. The Kier molecular flexibility index (Phi) is 4.56. The molecule has 0 aliphatic heterocycles. The summed E-state index contributed by atoms with van der Waals surface area (Å²) in [4.78, 5) is 0. The highest BCUT2D eigenvalue weighted by atomic mass is 35.5. The third-order valence-electron chi connectivity index (χ3n) is 3.43. The lowest BCUT2D eigenvalue weighted by atomic mass is 9.88. The number of likely N-dealkylation sites (N-methyl/N-ethyl adjacent to an activating group) is 1. The van der Waals surface area contributed by atoms with E-state index in [1.165, 1.54) is 17.7 Å². The third-order valence-corrected chi connectivity index (χ3v) is 3.77. The first kappa shape index (κ1) is 14.0. The molecule has 2 atom stereocenters. The smallest absolute Gasteiger partial charge is 0.123 e. The van der Waals surface area contributed by atoms with E-state index in [9.17, 15) is 4.39 Å². The van der Waals surface area contributed by atoms with Crippen molar-refractivity contribution in [1.82, 2.24) is 5.32 Å². The summed E-state index contributed by atoms with van der Waals surface area (Å²) < 4.78 is 13.4. The Bertz CT molecular complexity index is 542. The maximum Gasteiger partial charge on any atom is 0.123 e. The molecule has 0 aliphatic rings. The van der Waals surface area contributed by atoms with Gasteiger partial charge in [-0.3, -0.25) is 0 Å². The minimum atomic E-state index is -0.264. The first-order valence-electron chi connectivity index (χ1n) is 6.30. The monoisotopic (exact) mass is 277 g/mol. The molecule has 2 aromatic carbocycles. The van der Waals surface area contributed by atoms with Crippen LogP contribution in [0.4, 0.5) is 4.39 Å². The summed E-state index contributed by atoms with van der Waals surface area (Å²) in [5.74, 6) is -0.0644. The topological polar surface area (TPSA) is 12.0 Å². The fraction of sp³-hybridized carbons (Fsp3) is 0.250. The number of nitrogens with one attached hydrogen (secondary N) is 1. The zero-order chi connectivity index (χ0) is 13.8. The standard InChI is InChI=1S/C16H17ClFN/c1-11(12-6-4-3-5-7-12)16(19-2)14-10-13(18)8-9-15(14)17/h3-11,16,19H,1-2H3. The minimum absolute atomic E-state index is 0.0226. The molecule has 2 unspecified atom stereocenters. The summed E-state index contributed by atoms with van der Waals surface area (Å²) in [7, 11) is 1.87. The minimum Gasteiger partial charge on any atom is -0.312 e. The van der Waals surface area contributed by atoms with Gasteiger partial charge in [-0.2, -0.15) is 0 Å². The molecule has 0 aliphatic carbocycles. The number of hydrogen-bond donors (Lipinski definition) is 1. The maximum atomic E-state index is 13.4. The zero-order valence-corrected chi connectivity index (χ0v) is 11.8. The molecule has 0 aromatic heterocycles. The summed E-state index contributed by atoms with van der Waals surface area (Å²) in [6, 6.07) is 14.6. The van der Waals surface area contributed by atoms with Crippen molar-refractivity contribution >= 4 is 11.6 Å². The number of hydrogen-bond acceptors (Lipinski definition) is 1. The summed E-state index contributed by atoms with van der Waals surface area (Å²) >= 11 is 6.19. The molecule has 0 bridgehead atoms. The van der Waals surface area contributed by atoms with E-state index in [1.807, 2.05) is 25.2 Å². The van der Waals surface area contributed by atoms with Crippen molar-refractivity contribution < 1.29 is 4.39 Å². The quantitative estimate of drug-likeness (QED) is 0.865. The van der Waals surface area contributed by atoms with Crippen LogP contribution in [0, 0.1) is 5.82 Å². The largest absolute Gasteiger partial charge is 0.312 e. The van der Waals surface area contributed by atoms with E-state index in [0.717, 1.165) is 5.56 Å². The highest BCUT2D eigenvalue weighted by molar-refractivity contribution is 6.31. The highest BCUT2D eigenvalue weighted by Gasteiger charge is 2.21. The molecule has 0 saturated carbocycles. The van der Waals surface area contributed by atoms with E-state index < -0.39 is 0 Å². The Morgan fingerprint density at radius 1 is 1.11 bits per heavy atom. The van der Waals surface area contributed by atoms with Crippen molar-refractivity contribution in [3.8, 4) is 0 Å². The van der Waals surface area contributed by atoms with Crippen LogP contribution in [0.1, 0.15) is 30.0 Å². The lowest BCUT2D eigenvalue weighted by molar-refractivity contribution is 0.504. The summed E-state index contributed by atoms with van der Waals surface area (Å²) in [5, 5.41) is 3.82. The molecule has 3 heteroatoms. The Morgan fingerprint density at radius 2 is 1.79 bits per heavy atom. The van der Waals surface area contributed by atoms with Crippen LogP contribution in [0.25, 0.3) is 0 Å². The molecule has 2 rings (SSSR count). The van der Waals surface area contributed by atoms with Crippen LogP contribution in [0.3, 0.4) is 0 Å². The van der Waals surface area contributed by atoms with Gasteiger partial charge in [0.2, 0.25) is 0 Å². The fourth-order valence-electron chi connectivity index (χ4n) is 2.38. The van der Waals surface area contributed by atoms with E-state index in [4.69, 9.17) is 11.6 Å². The molecule has 0 heterocycles. The second-order valence-corrected chi connectivity index (χ2v) is 5.04. The highest BCUT2D eigenvalue weighted by Crippen LogP contribution is 2.34. The second-order valence-electron chi connectivity index (χ2n) is 4.63. The molecule has 2 aromatic rings. The first-order valence-corrected chi connectivity index (χ1v) is 6.68. The second kappa shape index (κ2) is 6.18. The molecular formula is C16H17ClFN. The predicted octanol–water partition coefficient (Wildman–Crippen LogP) is 4.54. The van der Waals surface area contributed by atoms with Gasteiger partial charge in [0.15, 0.2) is 0 Å². The van der Waals surface area contributed by atoms with Gasteiger partial charge < -0.3 is 5.32 Å². The third kappa shape index (κ3) is 3.14. The number of halogens is 2. The van der Waals surface area contributed by atoms with E-state index in [0.29, 0.717) is 5.02 Å². The van der Waals surface area contributed by atoms with E-state index >= 15 is 0 Å². The summed E-state index contributed by atoms with van der Waals surface area (Å²) in [6.07, 6.45) is 0. The average molecular weight is 278 g/mol. The Labute approximate surface area is 118 Å². The molecule has 0 radical (unpaired) electrons. The summed E-state index contributed by atoms with van der Waals surface area (Å²) in [6.45, 7) is 2.11. The van der Waals surface area contributed by atoms with Crippen LogP contribution in [0.2, 0.25) is 5.02 Å². The van der Waals surface area contributed by atoms with Gasteiger partial charge >= 0.3 is 0 Å². The van der Waals surface area contributed by atoms with Crippen LogP contribution in [-0.4, -0.2) is 7.05 Å². The molecule has 0 fully saturated rings. The van der Waals surface area contributed by atoms with Crippen molar-refractivity contribution in [1.29, 1.82) is 0 Å². The van der Waals surface area contributed by atoms with Gasteiger partial charge in [0, 0.05) is 17.0 Å². The van der Waals surface area contributed by atoms with Crippen molar-refractivity contribution in [3.05, 3.63) is 70.5 Å². The molecular weight excluding hydrogens is 261 g/mol. The Morgan fingerprint density at radius 3 is 2.42 bits per heavy atom. The molecule has 1 N–H and O–H groups in total. The zero-order valence-electron chi connectivity index (χ0n) is 11.0. The fourth-order valence-corrected chi connectivity index (χ4v) is 2.61. The van der Waals surface area contributed by atoms with Crippen LogP contribution < -0.4 is 5.32 Å². The molecule has 0 amide bonds. The molecule has 1 nitrogen and oxygen atoms in total. The van der Waals surface area contributed by atoms with Gasteiger partial charge in [0.25, 0.3) is 0 Å². The maximum absolute atomic E-state index is 13.4. The van der Waals surface area contributed by atoms with E-state index in [1.54, 1.807) is 6.07 Å². The van der Waals surface area contributed by atoms with Gasteiger partial charge in [-0.05, 0) is 36.4 Å². The Hall–Kier alpha value is -1.38. The predicted molar refractivity (Wildman–Crippen MR) is 78.1 cm³/mol. The average Bonchev–Trinajstić information content (AvgIpc) is 2.44. The lowest BCUT2D eigenvalue weighted by Crippen LogP contribution is -2.22. The van der Waals surface area contributed by atoms with Gasteiger partial charge in [-0.1, -0.05) is 48.9 Å². The van der Waals surface area contributed by atoms with Crippen molar-refractivity contribution in [2.75, 3.05) is 7.05 Å². The van der Waals surface area contributed by atoms with Gasteiger partial charge in [0.05, 0.1) is 0 Å². The van der Waals surface area contributed by atoms with Crippen LogP contribution >= 0.6 is 11.6 Å². The van der Waals surface area contributed by atoms with Gasteiger partial charge in [0.1, 0.15) is 5.82 Å². The van der Waals surface area contributed by atoms with Gasteiger partial charge in [-0.15, -0.1) is 0 Å². The molecule has 0 saturated heterocycles.